The second kappa shape index (κ2) is 6.59. The molecule has 6 nitrogen and oxygen atoms in total. The Balaban J connectivity index is 1.81. The fourth-order valence-corrected chi connectivity index (χ4v) is 4.48. The molecule has 1 amide bonds. The highest BCUT2D eigenvalue weighted by Gasteiger charge is 2.40. The van der Waals surface area contributed by atoms with Gasteiger partial charge in [0.15, 0.2) is 5.78 Å². The van der Waals surface area contributed by atoms with Crippen LogP contribution in [-0.4, -0.2) is 37.9 Å². The quantitative estimate of drug-likeness (QED) is 0.837. The average molecular weight is 366 g/mol. The molecule has 6 heteroatoms. The largest absolute Gasteiger partial charge is 0.334 e. The molecule has 2 aromatic heterocycles. The number of amides is 1. The summed E-state index contributed by atoms with van der Waals surface area (Å²) in [5.41, 5.74) is 3.36. The Morgan fingerprint density at radius 2 is 2.11 bits per heavy atom. The Labute approximate surface area is 159 Å². The summed E-state index contributed by atoms with van der Waals surface area (Å²) in [5, 5.41) is 4.88. The molecule has 0 unspecified atom stereocenters. The lowest BCUT2D eigenvalue weighted by Gasteiger charge is -2.30. The van der Waals surface area contributed by atoms with Gasteiger partial charge in [0, 0.05) is 26.1 Å². The van der Waals surface area contributed by atoms with Crippen molar-refractivity contribution in [3.05, 3.63) is 47.0 Å². The van der Waals surface area contributed by atoms with Crippen molar-refractivity contribution < 1.29 is 9.59 Å². The minimum absolute atomic E-state index is 0.0501. The van der Waals surface area contributed by atoms with Crippen LogP contribution < -0.4 is 0 Å². The molecule has 0 saturated carbocycles. The second-order valence-corrected chi connectivity index (χ2v) is 8.50. The molecule has 0 radical (unpaired) electrons. The molecule has 2 aromatic rings. The summed E-state index contributed by atoms with van der Waals surface area (Å²) >= 11 is 0. The van der Waals surface area contributed by atoms with Gasteiger partial charge in [-0.05, 0) is 36.8 Å². The van der Waals surface area contributed by atoms with Gasteiger partial charge in [-0.15, -0.1) is 0 Å². The second-order valence-electron chi connectivity index (χ2n) is 8.50. The van der Waals surface area contributed by atoms with Gasteiger partial charge in [0.1, 0.15) is 0 Å². The van der Waals surface area contributed by atoms with E-state index in [1.165, 1.54) is 0 Å². The van der Waals surface area contributed by atoms with E-state index in [9.17, 15) is 9.59 Å². The van der Waals surface area contributed by atoms with E-state index in [0.717, 1.165) is 48.5 Å². The number of carbonyl (C=O) groups is 2. The van der Waals surface area contributed by atoms with Crippen LogP contribution in [0, 0.1) is 5.41 Å². The van der Waals surface area contributed by atoms with Crippen LogP contribution in [0.4, 0.5) is 0 Å². The van der Waals surface area contributed by atoms with Crippen LogP contribution in [0.3, 0.4) is 0 Å². The van der Waals surface area contributed by atoms with Crippen molar-refractivity contribution in [3.63, 3.8) is 0 Å². The molecule has 0 spiro atoms. The molecule has 0 aromatic carbocycles. The number of ketones is 1. The summed E-state index contributed by atoms with van der Waals surface area (Å²) in [5.74, 6) is 0.202. The van der Waals surface area contributed by atoms with Gasteiger partial charge < -0.3 is 4.90 Å². The standard InChI is InChI=1S/C21H26N4O2/c1-14(26)24-10-6-8-16(24)20-19-17(11-21(2,3)12-18(19)27)25(23-20)13-15-7-4-5-9-22-15/h4-5,7,9,16H,6,8,10-13H2,1-3H3/t16-/m0/s1. The minimum Gasteiger partial charge on any atom is -0.334 e. The Morgan fingerprint density at radius 1 is 1.30 bits per heavy atom. The van der Waals surface area contributed by atoms with E-state index in [-0.39, 0.29) is 23.1 Å². The van der Waals surface area contributed by atoms with Crippen molar-refractivity contribution in [1.29, 1.82) is 0 Å². The molecule has 1 aliphatic heterocycles. The number of likely N-dealkylation sites (tertiary alicyclic amines) is 1. The van der Waals surface area contributed by atoms with Crippen LogP contribution >= 0.6 is 0 Å². The number of rotatable bonds is 3. The molecule has 142 valence electrons. The lowest BCUT2D eigenvalue weighted by Crippen LogP contribution is -2.31. The average Bonchev–Trinajstić information content (AvgIpc) is 3.20. The van der Waals surface area contributed by atoms with E-state index < -0.39 is 0 Å². The first-order valence-corrected chi connectivity index (χ1v) is 9.65. The van der Waals surface area contributed by atoms with E-state index in [1.807, 2.05) is 27.8 Å². The third-order valence-corrected chi connectivity index (χ3v) is 5.66. The van der Waals surface area contributed by atoms with Gasteiger partial charge in [-0.1, -0.05) is 19.9 Å². The SMILES string of the molecule is CC(=O)N1CCC[C@H]1c1nn(Cc2ccccn2)c2c1C(=O)CC(C)(C)C2. The highest BCUT2D eigenvalue weighted by Crippen LogP contribution is 2.41. The Bertz CT molecular complexity index is 885. The van der Waals surface area contributed by atoms with Crippen molar-refractivity contribution in [2.75, 3.05) is 6.54 Å². The van der Waals surface area contributed by atoms with E-state index >= 15 is 0 Å². The smallest absolute Gasteiger partial charge is 0.220 e. The maximum atomic E-state index is 13.0. The zero-order valence-corrected chi connectivity index (χ0v) is 16.2. The molecule has 0 bridgehead atoms. The lowest BCUT2D eigenvalue weighted by molar-refractivity contribution is -0.129. The number of aromatic nitrogens is 3. The number of hydrogen-bond acceptors (Lipinski definition) is 4. The number of carbonyl (C=O) groups excluding carboxylic acids is 2. The molecular formula is C21H26N4O2. The number of fused-ring (bicyclic) bond motifs is 1. The van der Waals surface area contributed by atoms with Crippen LogP contribution in [0.2, 0.25) is 0 Å². The highest BCUT2D eigenvalue weighted by molar-refractivity contribution is 6.00. The third kappa shape index (κ3) is 3.29. The molecule has 1 fully saturated rings. The topological polar surface area (TPSA) is 68.1 Å². The molecule has 1 saturated heterocycles. The molecule has 27 heavy (non-hydrogen) atoms. The van der Waals surface area contributed by atoms with E-state index in [4.69, 9.17) is 5.10 Å². The minimum atomic E-state index is -0.0913. The fraction of sp³-hybridized carbons (Fsp3) is 0.524. The lowest BCUT2D eigenvalue weighted by atomic mass is 9.75. The predicted octanol–water partition coefficient (Wildman–Crippen LogP) is 3.16. The molecule has 1 aliphatic carbocycles. The van der Waals surface area contributed by atoms with Gasteiger partial charge in [0.2, 0.25) is 5.91 Å². The van der Waals surface area contributed by atoms with Gasteiger partial charge in [0.25, 0.3) is 0 Å². The first kappa shape index (κ1) is 17.9. The highest BCUT2D eigenvalue weighted by atomic mass is 16.2. The molecule has 4 rings (SSSR count). The summed E-state index contributed by atoms with van der Waals surface area (Å²) in [4.78, 5) is 31.4. The van der Waals surface area contributed by atoms with Crippen LogP contribution in [0.1, 0.15) is 73.5 Å². The third-order valence-electron chi connectivity index (χ3n) is 5.66. The number of nitrogens with zero attached hydrogens (tertiary/aromatic N) is 4. The van der Waals surface area contributed by atoms with Crippen LogP contribution in [0.15, 0.2) is 24.4 Å². The summed E-state index contributed by atoms with van der Waals surface area (Å²) in [6.45, 7) is 7.13. The zero-order chi connectivity index (χ0) is 19.2. The first-order valence-electron chi connectivity index (χ1n) is 9.65. The molecule has 3 heterocycles. The van der Waals surface area contributed by atoms with Gasteiger partial charge in [0.05, 0.1) is 35.2 Å². The van der Waals surface area contributed by atoms with Crippen LogP contribution in [-0.2, 0) is 17.8 Å². The number of Topliss-reactive ketones (excluding diaryl/α,β-unsaturated/α-hetero) is 1. The van der Waals surface area contributed by atoms with Gasteiger partial charge in [-0.25, -0.2) is 0 Å². The summed E-state index contributed by atoms with van der Waals surface area (Å²) in [7, 11) is 0. The monoisotopic (exact) mass is 366 g/mol. The fourth-order valence-electron chi connectivity index (χ4n) is 4.48. The Hall–Kier alpha value is -2.50. The van der Waals surface area contributed by atoms with Gasteiger partial charge in [-0.3, -0.25) is 19.3 Å². The summed E-state index contributed by atoms with van der Waals surface area (Å²) in [6.07, 6.45) is 4.92. The van der Waals surface area contributed by atoms with Crippen LogP contribution in [0.25, 0.3) is 0 Å². The summed E-state index contributed by atoms with van der Waals surface area (Å²) in [6, 6.07) is 5.74. The zero-order valence-electron chi connectivity index (χ0n) is 16.2. The molecule has 0 N–H and O–H groups in total. The Morgan fingerprint density at radius 3 is 2.81 bits per heavy atom. The molecular weight excluding hydrogens is 340 g/mol. The van der Waals surface area contributed by atoms with Crippen LogP contribution in [0.5, 0.6) is 0 Å². The molecule has 1 atom stereocenters. The maximum Gasteiger partial charge on any atom is 0.220 e. The van der Waals surface area contributed by atoms with E-state index in [1.54, 1.807) is 13.1 Å². The van der Waals surface area contributed by atoms with Crippen molar-refractivity contribution in [3.8, 4) is 0 Å². The Kier molecular flexibility index (Phi) is 4.36. The number of hydrogen-bond donors (Lipinski definition) is 0. The van der Waals surface area contributed by atoms with E-state index in [0.29, 0.717) is 13.0 Å². The summed E-state index contributed by atoms with van der Waals surface area (Å²) < 4.78 is 1.95. The normalized spacial score (nSPS) is 21.4. The maximum absolute atomic E-state index is 13.0. The first-order chi connectivity index (χ1) is 12.9. The number of pyridine rings is 1. The van der Waals surface area contributed by atoms with Crippen molar-refractivity contribution >= 4 is 11.7 Å². The van der Waals surface area contributed by atoms with Gasteiger partial charge in [-0.2, -0.15) is 5.10 Å². The molecule has 2 aliphatic rings. The van der Waals surface area contributed by atoms with E-state index in [2.05, 4.69) is 18.8 Å². The van der Waals surface area contributed by atoms with Crippen molar-refractivity contribution in [2.45, 2.75) is 59.0 Å². The van der Waals surface area contributed by atoms with Gasteiger partial charge >= 0.3 is 0 Å². The predicted molar refractivity (Wildman–Crippen MR) is 101 cm³/mol. The van der Waals surface area contributed by atoms with Crippen molar-refractivity contribution in [1.82, 2.24) is 19.7 Å². The van der Waals surface area contributed by atoms with Crippen molar-refractivity contribution in [2.24, 2.45) is 5.41 Å².